The van der Waals surface area contributed by atoms with Crippen molar-refractivity contribution in [3.8, 4) is 0 Å². The predicted molar refractivity (Wildman–Crippen MR) is 164 cm³/mol. The van der Waals surface area contributed by atoms with E-state index in [-0.39, 0.29) is 45.3 Å². The van der Waals surface area contributed by atoms with E-state index in [4.69, 9.17) is 30.2 Å². The van der Waals surface area contributed by atoms with E-state index >= 15 is 0 Å². The van der Waals surface area contributed by atoms with Gasteiger partial charge in [-0.1, -0.05) is 25.9 Å². The Kier molecular flexibility index (Phi) is 11.6. The van der Waals surface area contributed by atoms with Crippen molar-refractivity contribution in [2.24, 2.45) is 21.7 Å². The number of nitrogens with two attached hydrogens (primary N) is 1. The molecular formula is C30H57N5O9. The van der Waals surface area contributed by atoms with Crippen LogP contribution in [-0.2, 0) is 23.7 Å². The number of nitrogens with zero attached hydrogens (tertiary/aromatic N) is 3. The fourth-order valence-corrected chi connectivity index (χ4v) is 7.28. The maximum absolute atomic E-state index is 13.2. The van der Waals surface area contributed by atoms with Crippen LogP contribution in [0.5, 0.6) is 0 Å². The third-order valence-corrected chi connectivity index (χ3v) is 12.0. The Labute approximate surface area is 261 Å². The van der Waals surface area contributed by atoms with E-state index in [1.165, 1.54) is 7.11 Å². The van der Waals surface area contributed by atoms with Crippen LogP contribution >= 0.6 is 0 Å². The summed E-state index contributed by atoms with van der Waals surface area (Å²) >= 11 is 0. The molecule has 0 aliphatic carbocycles. The van der Waals surface area contributed by atoms with Crippen LogP contribution in [0.25, 0.3) is 10.4 Å². The number of amides is 1. The molecule has 0 spiro atoms. The second-order valence-corrected chi connectivity index (χ2v) is 14.2. The maximum Gasteiger partial charge on any atom is 0.220 e. The van der Waals surface area contributed by atoms with Crippen molar-refractivity contribution in [3.63, 3.8) is 0 Å². The molecule has 0 aromatic heterocycles. The fraction of sp³-hybridized carbons (Fsp3) is 0.967. The summed E-state index contributed by atoms with van der Waals surface area (Å²) in [5.41, 5.74) is 4.53. The van der Waals surface area contributed by atoms with Crippen LogP contribution in [0.4, 0.5) is 0 Å². The molecule has 7 N–H and O–H groups in total. The number of methoxy groups -OCH3 is 1. The second kappa shape index (κ2) is 13.3. The van der Waals surface area contributed by atoms with E-state index < -0.39 is 63.1 Å². The highest BCUT2D eigenvalue weighted by molar-refractivity contribution is 5.77. The number of hydrogen-bond acceptors (Lipinski definition) is 11. The quantitative estimate of drug-likeness (QED) is 0.0702. The fourth-order valence-electron chi connectivity index (χ4n) is 7.28. The van der Waals surface area contributed by atoms with E-state index in [1.54, 1.807) is 48.5 Å². The van der Waals surface area contributed by atoms with Crippen LogP contribution in [0.1, 0.15) is 81.6 Å². The van der Waals surface area contributed by atoms with Crippen molar-refractivity contribution in [1.29, 1.82) is 0 Å². The lowest BCUT2D eigenvalue weighted by Crippen LogP contribution is -2.84. The molecule has 10 atom stereocenters. The summed E-state index contributed by atoms with van der Waals surface area (Å²) in [5.74, 6) is -0.385. The normalized spacial score (nSPS) is 45.9. The highest BCUT2D eigenvalue weighted by atomic mass is 16.6. The summed E-state index contributed by atoms with van der Waals surface area (Å²) in [6.45, 7) is 14.5. The Hall–Kier alpha value is -1.58. The van der Waals surface area contributed by atoms with Gasteiger partial charge in [0.2, 0.25) is 5.91 Å². The first kappa shape index (κ1) is 38.6. The first-order valence-electron chi connectivity index (χ1n) is 15.3. The number of aliphatic hydroxyl groups excluding tert-OH is 2. The molecule has 0 radical (unpaired) electrons. The molecule has 4 unspecified atom stereocenters. The summed E-state index contributed by atoms with van der Waals surface area (Å²) in [6.07, 6.45) is -0.929. The van der Waals surface area contributed by atoms with E-state index in [2.05, 4.69) is 15.3 Å². The molecule has 14 heteroatoms. The Balaban J connectivity index is 2.50. The third-order valence-electron chi connectivity index (χ3n) is 12.0. The molecule has 0 aromatic carbocycles. The molecule has 2 aliphatic rings. The molecular weight excluding hydrogens is 574 g/mol. The summed E-state index contributed by atoms with van der Waals surface area (Å²) in [4.78, 5) is 15.9. The molecule has 14 nitrogen and oxygen atoms in total. The van der Waals surface area contributed by atoms with Crippen LogP contribution in [0.15, 0.2) is 5.11 Å². The number of carbonyl (C=O) groups excluding carboxylic acids is 1. The average molecular weight is 632 g/mol. The molecule has 2 rings (SSSR count). The number of nitrogens with one attached hydrogen (secondary N) is 1. The highest BCUT2D eigenvalue weighted by Crippen LogP contribution is 2.56. The molecule has 0 saturated carbocycles. The van der Waals surface area contributed by atoms with Gasteiger partial charge < -0.3 is 50.4 Å². The number of ether oxygens (including phenoxy) is 4. The number of azide groups is 1. The molecule has 44 heavy (non-hydrogen) atoms. The van der Waals surface area contributed by atoms with Crippen molar-refractivity contribution in [2.45, 2.75) is 127 Å². The SMILES string of the molecule is CC[C@]1(C)C(CO)O[C@@](C)(COC[C@]2(C)C(CO)O[C@@](C)(COC)C(C)(N)[C@]2(C)O)C(C)(NC(=O)CCCN=[N+]=[N-])[C@]1(C)O. The minimum Gasteiger partial charge on any atom is -0.394 e. The van der Waals surface area contributed by atoms with Crippen LogP contribution in [0, 0.1) is 10.8 Å². The standard InChI is InChI=1S/C30H57N5O9/c1-11-23(2)20(15-36)44-26(5,28(7,30(23,9)40)34-22(38)13-12-14-33-35-32)19-42-17-24(3)21(16-37)43-25(4,18-41-10)27(6,31)29(24,8)39/h20-21,36-37,39-40H,11-19,31H2,1-10H3,(H,34,38)/t20?,21?,23-,24-,25+,26+,27?,28?,29-,30-/m1/s1. The van der Waals surface area contributed by atoms with E-state index in [0.717, 1.165) is 0 Å². The Morgan fingerprint density at radius 3 is 1.98 bits per heavy atom. The third kappa shape index (κ3) is 5.76. The Morgan fingerprint density at radius 2 is 1.48 bits per heavy atom. The van der Waals surface area contributed by atoms with E-state index in [0.29, 0.717) is 12.8 Å². The predicted octanol–water partition coefficient (Wildman–Crippen LogP) is 1.56. The second-order valence-electron chi connectivity index (χ2n) is 14.2. The van der Waals surface area contributed by atoms with Crippen molar-refractivity contribution < 1.29 is 44.2 Å². The van der Waals surface area contributed by atoms with Crippen molar-refractivity contribution in [1.82, 2.24) is 5.32 Å². The smallest absolute Gasteiger partial charge is 0.220 e. The Bertz CT molecular complexity index is 1070. The molecule has 256 valence electrons. The molecule has 0 bridgehead atoms. The first-order chi connectivity index (χ1) is 20.1. The van der Waals surface area contributed by atoms with Crippen molar-refractivity contribution in [2.75, 3.05) is 46.7 Å². The van der Waals surface area contributed by atoms with Crippen molar-refractivity contribution >= 4 is 5.91 Å². The first-order valence-corrected chi connectivity index (χ1v) is 15.3. The van der Waals surface area contributed by atoms with Crippen LogP contribution in [0.2, 0.25) is 0 Å². The number of carbonyl (C=O) groups is 1. The lowest BCUT2D eigenvalue weighted by Gasteiger charge is -2.66. The molecule has 2 saturated heterocycles. The van der Waals surface area contributed by atoms with Crippen molar-refractivity contribution in [3.05, 3.63) is 10.4 Å². The lowest BCUT2D eigenvalue weighted by atomic mass is 9.53. The van der Waals surface area contributed by atoms with Gasteiger partial charge in [0.25, 0.3) is 0 Å². The van der Waals surface area contributed by atoms with E-state index in [9.17, 15) is 25.2 Å². The minimum absolute atomic E-state index is 0.0413. The van der Waals surface area contributed by atoms with Gasteiger partial charge in [-0.05, 0) is 59.9 Å². The number of rotatable bonds is 14. The van der Waals surface area contributed by atoms with Gasteiger partial charge in [0.05, 0.1) is 67.5 Å². The van der Waals surface area contributed by atoms with Gasteiger partial charge in [-0.25, -0.2) is 0 Å². The number of aliphatic hydroxyl groups is 4. The maximum atomic E-state index is 13.2. The molecule has 0 aromatic rings. The number of hydrogen-bond donors (Lipinski definition) is 6. The lowest BCUT2D eigenvalue weighted by molar-refractivity contribution is -0.336. The van der Waals surface area contributed by atoms with Gasteiger partial charge in [-0.2, -0.15) is 0 Å². The zero-order chi connectivity index (χ0) is 34.0. The van der Waals surface area contributed by atoms with Gasteiger partial charge in [0.1, 0.15) is 11.2 Å². The largest absolute Gasteiger partial charge is 0.394 e. The van der Waals surface area contributed by atoms with Gasteiger partial charge in [0.15, 0.2) is 0 Å². The average Bonchev–Trinajstić information content (AvgIpc) is 2.94. The topological polar surface area (TPSA) is 222 Å². The molecule has 2 heterocycles. The van der Waals surface area contributed by atoms with Crippen LogP contribution in [0.3, 0.4) is 0 Å². The minimum atomic E-state index is -1.64. The van der Waals surface area contributed by atoms with Gasteiger partial charge in [-0.3, -0.25) is 4.79 Å². The Morgan fingerprint density at radius 1 is 0.932 bits per heavy atom. The molecule has 2 aliphatic heterocycles. The van der Waals surface area contributed by atoms with Gasteiger partial charge >= 0.3 is 0 Å². The molecule has 1 amide bonds. The van der Waals surface area contributed by atoms with Crippen LogP contribution < -0.4 is 11.1 Å². The summed E-state index contributed by atoms with van der Waals surface area (Å²) in [6, 6.07) is 0. The summed E-state index contributed by atoms with van der Waals surface area (Å²) in [7, 11) is 1.50. The molecule has 2 fully saturated rings. The highest BCUT2D eigenvalue weighted by Gasteiger charge is 2.71. The monoisotopic (exact) mass is 631 g/mol. The summed E-state index contributed by atoms with van der Waals surface area (Å²) in [5, 5.41) is 51.6. The van der Waals surface area contributed by atoms with Crippen LogP contribution in [-0.4, -0.2) is 119 Å². The van der Waals surface area contributed by atoms with Gasteiger partial charge in [-0.15, -0.1) is 0 Å². The summed E-state index contributed by atoms with van der Waals surface area (Å²) < 4.78 is 24.6. The van der Waals surface area contributed by atoms with Gasteiger partial charge in [0, 0.05) is 35.8 Å². The van der Waals surface area contributed by atoms with E-state index in [1.807, 2.05) is 13.8 Å². The zero-order valence-corrected chi connectivity index (χ0v) is 28.3. The zero-order valence-electron chi connectivity index (χ0n) is 28.3.